The van der Waals surface area contributed by atoms with Gasteiger partial charge in [-0.25, -0.2) is 0 Å². The normalized spacial score (nSPS) is 51.0. The van der Waals surface area contributed by atoms with Crippen molar-refractivity contribution < 1.29 is 19.5 Å². The van der Waals surface area contributed by atoms with E-state index < -0.39 is 0 Å². The summed E-state index contributed by atoms with van der Waals surface area (Å²) in [5, 5.41) is 10.4. The molecule has 2 heterocycles. The average molecular weight is 314 g/mol. The zero-order chi connectivity index (χ0) is 15.1. The maximum absolute atomic E-state index is 13.0. The molecule has 0 radical (unpaired) electrons. The van der Waals surface area contributed by atoms with Gasteiger partial charge in [0, 0.05) is 12.3 Å². The Bertz CT molecular complexity index is 405. The number of fused-ring (bicyclic) bond motifs is 1. The molecule has 3 fully saturated rings. The van der Waals surface area contributed by atoms with Crippen molar-refractivity contribution in [3.8, 4) is 0 Å². The van der Waals surface area contributed by atoms with Crippen molar-refractivity contribution in [2.75, 3.05) is 12.3 Å². The first-order chi connectivity index (χ1) is 10.0. The number of nitrogens with one attached hydrogen (secondary N) is 1. The van der Waals surface area contributed by atoms with E-state index in [-0.39, 0.29) is 30.1 Å². The predicted molar refractivity (Wildman–Crippen MR) is 83.4 cm³/mol. The summed E-state index contributed by atoms with van der Waals surface area (Å²) < 4.78 is 6.18. The number of Topliss-reactive ketones (excluding diaryl/α,β-unsaturated/α-hetero) is 1. The average Bonchev–Trinajstić information content (AvgIpc) is 2.79. The Morgan fingerprint density at radius 1 is 1.38 bits per heavy atom. The van der Waals surface area contributed by atoms with E-state index in [1.165, 1.54) is 0 Å². The third-order valence-electron chi connectivity index (χ3n) is 5.72. The molecular weight excluding hydrogens is 286 g/mol. The molecule has 1 aliphatic carbocycles. The highest BCUT2D eigenvalue weighted by atomic mass is 32.2. The van der Waals surface area contributed by atoms with Gasteiger partial charge < -0.3 is 14.7 Å². The van der Waals surface area contributed by atoms with Crippen molar-refractivity contribution in [3.05, 3.63) is 0 Å². The van der Waals surface area contributed by atoms with Gasteiger partial charge in [0.1, 0.15) is 17.2 Å². The van der Waals surface area contributed by atoms with Crippen molar-refractivity contribution >= 4 is 17.5 Å². The molecule has 0 aromatic rings. The zero-order valence-corrected chi connectivity index (χ0v) is 14.1. The lowest BCUT2D eigenvalue weighted by atomic mass is 9.72. The van der Waals surface area contributed by atoms with E-state index >= 15 is 0 Å². The smallest absolute Gasteiger partial charge is 0.150 e. The first-order valence-electron chi connectivity index (χ1n) is 8.37. The summed E-state index contributed by atoms with van der Waals surface area (Å²) in [5.74, 6) is 1.54. The lowest BCUT2D eigenvalue weighted by molar-refractivity contribution is -0.927. The Morgan fingerprint density at radius 2 is 2.14 bits per heavy atom. The molecule has 3 aliphatic rings. The van der Waals surface area contributed by atoms with Crippen LogP contribution in [0.15, 0.2) is 0 Å². The first-order valence-corrected chi connectivity index (χ1v) is 9.42. The number of aliphatic hydroxyl groups excluding tert-OH is 1. The number of thioether (sulfide) groups is 1. The maximum atomic E-state index is 13.0. The minimum Gasteiger partial charge on any atom is -0.393 e. The number of aliphatic hydroxyl groups is 1. The van der Waals surface area contributed by atoms with E-state index in [1.54, 1.807) is 4.90 Å². The lowest BCUT2D eigenvalue weighted by Crippen LogP contribution is -3.17. The van der Waals surface area contributed by atoms with E-state index in [2.05, 4.69) is 20.8 Å². The number of hydrogen-bond donors (Lipinski definition) is 2. The number of ether oxygens (including phenoxy) is 1. The van der Waals surface area contributed by atoms with Gasteiger partial charge in [0.15, 0.2) is 0 Å². The van der Waals surface area contributed by atoms with Gasteiger partial charge in [0.05, 0.1) is 36.5 Å². The van der Waals surface area contributed by atoms with E-state index in [9.17, 15) is 9.90 Å². The van der Waals surface area contributed by atoms with Crippen molar-refractivity contribution in [1.29, 1.82) is 0 Å². The molecule has 120 valence electrons. The predicted octanol–water partition coefficient (Wildman–Crippen LogP) is 0.486. The van der Waals surface area contributed by atoms with Crippen LogP contribution in [0.25, 0.3) is 0 Å². The molecule has 2 aliphatic heterocycles. The lowest BCUT2D eigenvalue weighted by Gasteiger charge is -2.44. The van der Waals surface area contributed by atoms with Crippen molar-refractivity contribution in [2.24, 2.45) is 11.8 Å². The highest BCUT2D eigenvalue weighted by Gasteiger charge is 2.52. The van der Waals surface area contributed by atoms with E-state index in [0.717, 1.165) is 25.1 Å². The molecule has 4 nitrogen and oxygen atoms in total. The van der Waals surface area contributed by atoms with Crippen LogP contribution in [0.4, 0.5) is 0 Å². The molecule has 0 amide bonds. The summed E-state index contributed by atoms with van der Waals surface area (Å²) in [7, 11) is 0. The van der Waals surface area contributed by atoms with Crippen LogP contribution < -0.4 is 4.90 Å². The topological polar surface area (TPSA) is 51.0 Å². The number of rotatable bonds is 2. The zero-order valence-electron chi connectivity index (χ0n) is 13.2. The molecule has 3 rings (SSSR count). The van der Waals surface area contributed by atoms with Gasteiger partial charge in [-0.3, -0.25) is 4.79 Å². The van der Waals surface area contributed by atoms with Gasteiger partial charge in [-0.05, 0) is 33.6 Å². The third kappa shape index (κ3) is 2.78. The van der Waals surface area contributed by atoms with Crippen LogP contribution >= 0.6 is 11.8 Å². The second-order valence-electron chi connectivity index (χ2n) is 6.89. The molecule has 0 aromatic carbocycles. The molecule has 0 spiro atoms. The minimum absolute atomic E-state index is 0.0125. The van der Waals surface area contributed by atoms with Crippen LogP contribution in [0.1, 0.15) is 40.0 Å². The Hall–Kier alpha value is -0.100. The molecule has 1 saturated carbocycles. The summed E-state index contributed by atoms with van der Waals surface area (Å²) in [6, 6.07) is 0.394. The Labute approximate surface area is 131 Å². The van der Waals surface area contributed by atoms with Gasteiger partial charge in [-0.15, -0.1) is 0 Å². The SMILES string of the molecule is CC[NH+]1C(C)SCC1C1C(=O)C2CCC(O)CC2OC1C. The molecule has 8 atom stereocenters. The molecular formula is C16H28NO3S+. The summed E-state index contributed by atoms with van der Waals surface area (Å²) in [6.07, 6.45) is 1.82. The second-order valence-corrected chi connectivity index (χ2v) is 8.27. The van der Waals surface area contributed by atoms with Crippen molar-refractivity contribution in [1.82, 2.24) is 0 Å². The fourth-order valence-corrected chi connectivity index (χ4v) is 6.07. The number of quaternary nitrogens is 1. The molecule has 0 bridgehead atoms. The van der Waals surface area contributed by atoms with E-state index in [0.29, 0.717) is 23.6 Å². The van der Waals surface area contributed by atoms with E-state index in [4.69, 9.17) is 4.74 Å². The van der Waals surface area contributed by atoms with Crippen LogP contribution in [-0.2, 0) is 9.53 Å². The van der Waals surface area contributed by atoms with Gasteiger partial charge in [0.2, 0.25) is 0 Å². The molecule has 8 unspecified atom stereocenters. The number of carbonyl (C=O) groups is 1. The fraction of sp³-hybridized carbons (Fsp3) is 0.938. The number of hydrogen-bond acceptors (Lipinski definition) is 4. The largest absolute Gasteiger partial charge is 0.393 e. The van der Waals surface area contributed by atoms with Crippen molar-refractivity contribution in [2.45, 2.75) is 69.8 Å². The van der Waals surface area contributed by atoms with Gasteiger partial charge in [0.25, 0.3) is 0 Å². The summed E-state index contributed by atoms with van der Waals surface area (Å²) in [6.45, 7) is 7.61. The molecule has 5 heteroatoms. The van der Waals surface area contributed by atoms with Gasteiger partial charge in [-0.1, -0.05) is 11.8 Å². The fourth-order valence-electron chi connectivity index (χ4n) is 4.60. The van der Waals surface area contributed by atoms with Crippen LogP contribution in [-0.4, -0.2) is 52.9 Å². The summed E-state index contributed by atoms with van der Waals surface area (Å²) in [4.78, 5) is 14.6. The number of carbonyl (C=O) groups excluding carboxylic acids is 1. The van der Waals surface area contributed by atoms with Crippen LogP contribution in [0.5, 0.6) is 0 Å². The van der Waals surface area contributed by atoms with Crippen molar-refractivity contribution in [3.63, 3.8) is 0 Å². The third-order valence-corrected chi connectivity index (χ3v) is 7.07. The Kier molecular flexibility index (Phi) is 4.65. The quantitative estimate of drug-likeness (QED) is 0.779. The first kappa shape index (κ1) is 15.8. The van der Waals surface area contributed by atoms with Gasteiger partial charge >= 0.3 is 0 Å². The van der Waals surface area contributed by atoms with E-state index in [1.807, 2.05) is 11.8 Å². The second kappa shape index (κ2) is 6.19. The highest BCUT2D eigenvalue weighted by molar-refractivity contribution is 7.99. The summed E-state index contributed by atoms with van der Waals surface area (Å²) in [5.41, 5.74) is 0. The van der Waals surface area contributed by atoms with Crippen LogP contribution in [0.2, 0.25) is 0 Å². The van der Waals surface area contributed by atoms with Crippen LogP contribution in [0, 0.1) is 11.8 Å². The molecule has 2 N–H and O–H groups in total. The highest BCUT2D eigenvalue weighted by Crippen LogP contribution is 2.38. The standard InChI is InChI=1S/C16H27NO3S/c1-4-17-10(3)21-8-13(17)15-9(2)20-14-7-11(18)5-6-12(14)16(15)19/h9-15,18H,4-8H2,1-3H3/p+1. The van der Waals surface area contributed by atoms with Gasteiger partial charge in [-0.2, -0.15) is 0 Å². The molecule has 21 heavy (non-hydrogen) atoms. The molecule has 2 saturated heterocycles. The summed E-state index contributed by atoms with van der Waals surface area (Å²) >= 11 is 1.98. The Morgan fingerprint density at radius 3 is 2.86 bits per heavy atom. The number of ketones is 1. The monoisotopic (exact) mass is 314 g/mol. The Balaban J connectivity index is 1.78. The maximum Gasteiger partial charge on any atom is 0.150 e. The molecule has 0 aromatic heterocycles. The van der Waals surface area contributed by atoms with Crippen LogP contribution in [0.3, 0.4) is 0 Å². The minimum atomic E-state index is -0.289.